The summed E-state index contributed by atoms with van der Waals surface area (Å²) in [6.45, 7) is 5.83. The van der Waals surface area contributed by atoms with Crippen molar-refractivity contribution in [3.8, 4) is 5.75 Å². The summed E-state index contributed by atoms with van der Waals surface area (Å²) < 4.78 is 7.74. The molecule has 7 nitrogen and oxygen atoms in total. The van der Waals surface area contributed by atoms with Crippen LogP contribution in [0.4, 0.5) is 5.13 Å². The number of carbonyl (C=O) groups is 1. The molecule has 1 amide bonds. The third kappa shape index (κ3) is 4.86. The normalized spacial score (nSPS) is 12.0. The second kappa shape index (κ2) is 8.53. The molecular weight excluding hydrogens is 382 g/mol. The molecule has 0 saturated carbocycles. The van der Waals surface area contributed by atoms with Crippen LogP contribution < -0.4 is 10.1 Å². The standard InChI is InChI=1S/C18H21N5O2S2/c1-11-13(3)27-17(19-11)20-15(24)10-26-18-22-21-16(23(18)4)12(2)25-14-8-6-5-7-9-14/h5-9,12H,10H2,1-4H3,(H,19,20,24). The molecule has 3 aromatic rings. The van der Waals surface area contributed by atoms with E-state index in [9.17, 15) is 4.79 Å². The minimum atomic E-state index is -0.255. The van der Waals surface area contributed by atoms with Gasteiger partial charge in [-0.25, -0.2) is 4.98 Å². The second-order valence-electron chi connectivity index (χ2n) is 5.97. The summed E-state index contributed by atoms with van der Waals surface area (Å²) in [5.41, 5.74) is 0.938. The third-order valence-electron chi connectivity index (χ3n) is 3.90. The van der Waals surface area contributed by atoms with Gasteiger partial charge in [-0.1, -0.05) is 30.0 Å². The van der Waals surface area contributed by atoms with Gasteiger partial charge < -0.3 is 14.6 Å². The van der Waals surface area contributed by atoms with Gasteiger partial charge in [0, 0.05) is 11.9 Å². The number of thiazole rings is 1. The van der Waals surface area contributed by atoms with E-state index in [4.69, 9.17) is 4.74 Å². The first-order valence-electron chi connectivity index (χ1n) is 8.41. The molecule has 9 heteroatoms. The molecule has 1 aromatic carbocycles. The van der Waals surface area contributed by atoms with Crippen molar-refractivity contribution in [1.29, 1.82) is 0 Å². The van der Waals surface area contributed by atoms with Gasteiger partial charge in [-0.3, -0.25) is 4.79 Å². The molecule has 3 rings (SSSR count). The molecule has 0 aliphatic rings. The van der Waals surface area contributed by atoms with Crippen molar-refractivity contribution >= 4 is 34.1 Å². The van der Waals surface area contributed by atoms with Crippen molar-refractivity contribution in [3.63, 3.8) is 0 Å². The molecular formula is C18H21N5O2S2. The molecule has 2 heterocycles. The van der Waals surface area contributed by atoms with Gasteiger partial charge in [-0.15, -0.1) is 21.5 Å². The van der Waals surface area contributed by atoms with Gasteiger partial charge in [-0.05, 0) is 32.9 Å². The summed E-state index contributed by atoms with van der Waals surface area (Å²) in [4.78, 5) is 17.6. The fraction of sp³-hybridized carbons (Fsp3) is 0.333. The Bertz CT molecular complexity index is 904. The summed E-state index contributed by atoms with van der Waals surface area (Å²) in [6.07, 6.45) is -0.255. The number of aromatic nitrogens is 4. The van der Waals surface area contributed by atoms with Crippen molar-refractivity contribution in [1.82, 2.24) is 19.7 Å². The zero-order valence-electron chi connectivity index (χ0n) is 15.6. The van der Waals surface area contributed by atoms with E-state index < -0.39 is 0 Å². The maximum absolute atomic E-state index is 12.2. The first-order chi connectivity index (χ1) is 12.9. The van der Waals surface area contributed by atoms with Gasteiger partial charge in [0.25, 0.3) is 0 Å². The molecule has 0 fully saturated rings. The van der Waals surface area contributed by atoms with Crippen molar-refractivity contribution < 1.29 is 9.53 Å². The molecule has 0 spiro atoms. The Morgan fingerprint density at radius 1 is 1.30 bits per heavy atom. The van der Waals surface area contributed by atoms with Crippen LogP contribution in [-0.2, 0) is 11.8 Å². The molecule has 1 N–H and O–H groups in total. The number of para-hydroxylation sites is 1. The van der Waals surface area contributed by atoms with Crippen LogP contribution in [0.2, 0.25) is 0 Å². The van der Waals surface area contributed by atoms with Crippen molar-refractivity contribution in [2.45, 2.75) is 32.0 Å². The predicted molar refractivity (Wildman–Crippen MR) is 107 cm³/mol. The Kier molecular flexibility index (Phi) is 6.12. The average molecular weight is 404 g/mol. The molecule has 1 atom stereocenters. The molecule has 27 heavy (non-hydrogen) atoms. The smallest absolute Gasteiger partial charge is 0.236 e. The van der Waals surface area contributed by atoms with Crippen LogP contribution in [0.15, 0.2) is 35.5 Å². The molecule has 2 aromatic heterocycles. The number of carbonyl (C=O) groups excluding carboxylic acids is 1. The number of aryl methyl sites for hydroxylation is 2. The topological polar surface area (TPSA) is 81.9 Å². The Hall–Kier alpha value is -2.39. The average Bonchev–Trinajstić information content (AvgIpc) is 3.16. The van der Waals surface area contributed by atoms with Gasteiger partial charge in [0.15, 0.2) is 22.2 Å². The van der Waals surface area contributed by atoms with Crippen LogP contribution in [0, 0.1) is 13.8 Å². The highest BCUT2D eigenvalue weighted by atomic mass is 32.2. The lowest BCUT2D eigenvalue weighted by Crippen LogP contribution is -2.14. The Morgan fingerprint density at radius 2 is 2.04 bits per heavy atom. The molecule has 0 aliphatic carbocycles. The molecule has 0 saturated heterocycles. The predicted octanol–water partition coefficient (Wildman–Crippen LogP) is 3.76. The van der Waals surface area contributed by atoms with Crippen molar-refractivity contribution in [3.05, 3.63) is 46.7 Å². The van der Waals surface area contributed by atoms with E-state index >= 15 is 0 Å². The number of hydrogen-bond donors (Lipinski definition) is 1. The van der Waals surface area contributed by atoms with E-state index in [1.54, 1.807) is 0 Å². The SMILES string of the molecule is Cc1nc(NC(=O)CSc2nnc(C(C)Oc3ccccc3)n2C)sc1C. The number of nitrogens with zero attached hydrogens (tertiary/aromatic N) is 4. The van der Waals surface area contributed by atoms with E-state index in [0.29, 0.717) is 16.1 Å². The summed E-state index contributed by atoms with van der Waals surface area (Å²) in [7, 11) is 1.87. The third-order valence-corrected chi connectivity index (χ3v) is 5.90. The molecule has 0 aliphatic heterocycles. The number of amides is 1. The Labute approximate surface area is 166 Å². The molecule has 1 unspecified atom stereocenters. The van der Waals surface area contributed by atoms with Crippen LogP contribution in [0.25, 0.3) is 0 Å². The highest BCUT2D eigenvalue weighted by Crippen LogP contribution is 2.24. The van der Waals surface area contributed by atoms with E-state index in [1.165, 1.54) is 23.1 Å². The highest BCUT2D eigenvalue weighted by molar-refractivity contribution is 7.99. The van der Waals surface area contributed by atoms with Crippen molar-refractivity contribution in [2.75, 3.05) is 11.1 Å². The fourth-order valence-electron chi connectivity index (χ4n) is 2.37. The minimum Gasteiger partial charge on any atom is -0.483 e. The lowest BCUT2D eigenvalue weighted by Gasteiger charge is -2.14. The maximum Gasteiger partial charge on any atom is 0.236 e. The van der Waals surface area contributed by atoms with Crippen LogP contribution in [-0.4, -0.2) is 31.4 Å². The quantitative estimate of drug-likeness (QED) is 0.605. The molecule has 0 bridgehead atoms. The van der Waals surface area contributed by atoms with Gasteiger partial charge >= 0.3 is 0 Å². The van der Waals surface area contributed by atoms with E-state index in [1.807, 2.05) is 62.7 Å². The lowest BCUT2D eigenvalue weighted by molar-refractivity contribution is -0.113. The Morgan fingerprint density at radius 3 is 2.70 bits per heavy atom. The first kappa shape index (κ1) is 19.4. The number of hydrogen-bond acceptors (Lipinski definition) is 7. The lowest BCUT2D eigenvalue weighted by atomic mass is 10.3. The monoisotopic (exact) mass is 403 g/mol. The number of nitrogens with one attached hydrogen (secondary N) is 1. The number of benzene rings is 1. The molecule has 0 radical (unpaired) electrons. The van der Waals surface area contributed by atoms with Crippen LogP contribution in [0.1, 0.15) is 29.4 Å². The van der Waals surface area contributed by atoms with Crippen LogP contribution in [0.5, 0.6) is 5.75 Å². The van der Waals surface area contributed by atoms with Gasteiger partial charge in [0.2, 0.25) is 5.91 Å². The van der Waals surface area contributed by atoms with E-state index in [-0.39, 0.29) is 17.8 Å². The second-order valence-corrected chi connectivity index (χ2v) is 8.12. The summed E-state index contributed by atoms with van der Waals surface area (Å²) in [5.74, 6) is 1.59. The van der Waals surface area contributed by atoms with E-state index in [2.05, 4.69) is 20.5 Å². The first-order valence-corrected chi connectivity index (χ1v) is 10.2. The van der Waals surface area contributed by atoms with Crippen LogP contribution in [0.3, 0.4) is 0 Å². The zero-order chi connectivity index (χ0) is 19.4. The number of rotatable bonds is 7. The molecule has 142 valence electrons. The van der Waals surface area contributed by atoms with Crippen LogP contribution >= 0.6 is 23.1 Å². The zero-order valence-corrected chi connectivity index (χ0v) is 17.2. The largest absolute Gasteiger partial charge is 0.483 e. The fourth-order valence-corrected chi connectivity index (χ4v) is 3.92. The summed E-state index contributed by atoms with van der Waals surface area (Å²) in [5, 5.41) is 12.5. The Balaban J connectivity index is 1.57. The number of anilines is 1. The maximum atomic E-state index is 12.2. The van der Waals surface area contributed by atoms with E-state index in [0.717, 1.165) is 16.3 Å². The number of ether oxygens (including phenoxy) is 1. The van der Waals surface area contributed by atoms with Gasteiger partial charge in [0.1, 0.15) is 5.75 Å². The highest BCUT2D eigenvalue weighted by Gasteiger charge is 2.18. The summed E-state index contributed by atoms with van der Waals surface area (Å²) >= 11 is 2.80. The number of thioether (sulfide) groups is 1. The summed E-state index contributed by atoms with van der Waals surface area (Å²) in [6, 6.07) is 9.58. The van der Waals surface area contributed by atoms with Gasteiger partial charge in [-0.2, -0.15) is 0 Å². The minimum absolute atomic E-state index is 0.119. The van der Waals surface area contributed by atoms with Crippen molar-refractivity contribution in [2.24, 2.45) is 7.05 Å². The van der Waals surface area contributed by atoms with Gasteiger partial charge in [0.05, 0.1) is 11.4 Å².